The molecule has 0 spiro atoms. The summed E-state index contributed by atoms with van der Waals surface area (Å²) in [6.07, 6.45) is 0. The largest absolute Gasteiger partial charge is 0.497 e. The number of nitrogens with one attached hydrogen (secondary N) is 1. The second kappa shape index (κ2) is 5.89. The summed E-state index contributed by atoms with van der Waals surface area (Å²) in [7, 11) is 3.69. The molecule has 2 aromatic rings. The molecule has 0 radical (unpaired) electrons. The fraction of sp³-hybridized carbons (Fsp3) is 0.294. The minimum atomic E-state index is 0.214. The SMILES string of the molecule is CNC(c1ccc(OC)cc1)c1cc(C)ccc1C. The van der Waals surface area contributed by atoms with Crippen LogP contribution in [0.25, 0.3) is 0 Å². The fourth-order valence-electron chi connectivity index (χ4n) is 2.37. The van der Waals surface area contributed by atoms with Crippen molar-refractivity contribution < 1.29 is 4.74 Å². The van der Waals surface area contributed by atoms with Crippen LogP contribution >= 0.6 is 0 Å². The number of aryl methyl sites for hydroxylation is 2. The molecule has 2 rings (SSSR count). The van der Waals surface area contributed by atoms with Crippen LogP contribution in [-0.2, 0) is 0 Å². The third-order valence-electron chi connectivity index (χ3n) is 3.48. The first-order valence-electron chi connectivity index (χ1n) is 6.54. The minimum Gasteiger partial charge on any atom is -0.497 e. The van der Waals surface area contributed by atoms with Crippen molar-refractivity contribution in [3.05, 3.63) is 64.7 Å². The molecule has 1 N–H and O–H groups in total. The molecule has 0 aliphatic rings. The van der Waals surface area contributed by atoms with Crippen molar-refractivity contribution in [2.45, 2.75) is 19.9 Å². The molecule has 0 heterocycles. The van der Waals surface area contributed by atoms with Gasteiger partial charge in [0.25, 0.3) is 0 Å². The highest BCUT2D eigenvalue weighted by atomic mass is 16.5. The highest BCUT2D eigenvalue weighted by molar-refractivity contribution is 5.40. The van der Waals surface area contributed by atoms with E-state index in [0.29, 0.717) is 0 Å². The van der Waals surface area contributed by atoms with E-state index in [2.05, 4.69) is 49.5 Å². The molecular formula is C17H21NO. The van der Waals surface area contributed by atoms with Crippen molar-refractivity contribution >= 4 is 0 Å². The van der Waals surface area contributed by atoms with Gasteiger partial charge >= 0.3 is 0 Å². The Hall–Kier alpha value is -1.80. The van der Waals surface area contributed by atoms with Crippen molar-refractivity contribution in [1.82, 2.24) is 5.32 Å². The van der Waals surface area contributed by atoms with Gasteiger partial charge in [-0.1, -0.05) is 35.9 Å². The molecule has 2 heteroatoms. The lowest BCUT2D eigenvalue weighted by Gasteiger charge is -2.20. The third kappa shape index (κ3) is 2.96. The maximum atomic E-state index is 5.21. The van der Waals surface area contributed by atoms with Gasteiger partial charge in [0.15, 0.2) is 0 Å². The molecule has 0 saturated carbocycles. The number of rotatable bonds is 4. The summed E-state index contributed by atoms with van der Waals surface area (Å²) < 4.78 is 5.21. The molecule has 0 aliphatic heterocycles. The van der Waals surface area contributed by atoms with Gasteiger partial charge in [-0.15, -0.1) is 0 Å². The lowest BCUT2D eigenvalue weighted by atomic mass is 9.93. The molecule has 1 unspecified atom stereocenters. The van der Waals surface area contributed by atoms with E-state index in [9.17, 15) is 0 Å². The molecule has 0 aliphatic carbocycles. The van der Waals surface area contributed by atoms with Crippen molar-refractivity contribution in [3.8, 4) is 5.75 Å². The van der Waals surface area contributed by atoms with Crippen LogP contribution in [0.5, 0.6) is 5.75 Å². The Balaban J connectivity index is 2.40. The summed E-state index contributed by atoms with van der Waals surface area (Å²) in [4.78, 5) is 0. The molecule has 2 aromatic carbocycles. The van der Waals surface area contributed by atoms with E-state index in [1.807, 2.05) is 19.2 Å². The van der Waals surface area contributed by atoms with Crippen LogP contribution < -0.4 is 10.1 Å². The zero-order valence-electron chi connectivity index (χ0n) is 12.0. The maximum Gasteiger partial charge on any atom is 0.118 e. The summed E-state index contributed by atoms with van der Waals surface area (Å²) in [5.41, 5.74) is 5.17. The number of benzene rings is 2. The van der Waals surface area contributed by atoms with Crippen LogP contribution in [0, 0.1) is 13.8 Å². The molecule has 0 fully saturated rings. The summed E-state index contributed by atoms with van der Waals surface area (Å²) >= 11 is 0. The van der Waals surface area contributed by atoms with Gasteiger partial charge in [-0.25, -0.2) is 0 Å². The van der Waals surface area contributed by atoms with Gasteiger partial charge in [-0.2, -0.15) is 0 Å². The van der Waals surface area contributed by atoms with E-state index in [1.165, 1.54) is 22.3 Å². The Labute approximate surface area is 115 Å². The number of ether oxygens (including phenoxy) is 1. The van der Waals surface area contributed by atoms with Crippen molar-refractivity contribution in [3.63, 3.8) is 0 Å². The molecule has 100 valence electrons. The van der Waals surface area contributed by atoms with Gasteiger partial charge in [-0.05, 0) is 49.7 Å². The second-order valence-electron chi connectivity index (χ2n) is 4.85. The van der Waals surface area contributed by atoms with E-state index in [1.54, 1.807) is 7.11 Å². The lowest BCUT2D eigenvalue weighted by Crippen LogP contribution is -2.18. The van der Waals surface area contributed by atoms with Crippen LogP contribution in [0.4, 0.5) is 0 Å². The van der Waals surface area contributed by atoms with Crippen LogP contribution in [0.2, 0.25) is 0 Å². The average Bonchev–Trinajstić information content (AvgIpc) is 2.44. The molecule has 0 saturated heterocycles. The Morgan fingerprint density at radius 1 is 1.00 bits per heavy atom. The zero-order chi connectivity index (χ0) is 13.8. The maximum absolute atomic E-state index is 5.21. The first kappa shape index (κ1) is 13.6. The van der Waals surface area contributed by atoms with Crippen LogP contribution in [-0.4, -0.2) is 14.2 Å². The first-order valence-corrected chi connectivity index (χ1v) is 6.54. The summed E-state index contributed by atoms with van der Waals surface area (Å²) in [6, 6.07) is 15.0. The standard InChI is InChI=1S/C17H21NO/c1-12-5-6-13(2)16(11-12)17(18-3)14-7-9-15(19-4)10-8-14/h5-11,17-18H,1-4H3. The highest BCUT2D eigenvalue weighted by Crippen LogP contribution is 2.26. The van der Waals surface area contributed by atoms with Gasteiger partial charge in [-0.3, -0.25) is 0 Å². The molecule has 0 amide bonds. The highest BCUT2D eigenvalue weighted by Gasteiger charge is 2.14. The molecule has 0 bridgehead atoms. The third-order valence-corrected chi connectivity index (χ3v) is 3.48. The Kier molecular flexibility index (Phi) is 4.23. The van der Waals surface area contributed by atoms with Gasteiger partial charge in [0.2, 0.25) is 0 Å². The molecule has 2 nitrogen and oxygen atoms in total. The number of hydrogen-bond acceptors (Lipinski definition) is 2. The Morgan fingerprint density at radius 2 is 1.68 bits per heavy atom. The van der Waals surface area contributed by atoms with Gasteiger partial charge in [0.1, 0.15) is 5.75 Å². The van der Waals surface area contributed by atoms with E-state index < -0.39 is 0 Å². The molecule has 1 atom stereocenters. The first-order chi connectivity index (χ1) is 9.15. The smallest absolute Gasteiger partial charge is 0.118 e. The normalized spacial score (nSPS) is 12.2. The second-order valence-corrected chi connectivity index (χ2v) is 4.85. The monoisotopic (exact) mass is 255 g/mol. The number of hydrogen-bond donors (Lipinski definition) is 1. The van der Waals surface area contributed by atoms with Gasteiger partial charge in [0, 0.05) is 0 Å². The molecule has 0 aromatic heterocycles. The summed E-state index contributed by atoms with van der Waals surface area (Å²) in [6.45, 7) is 4.28. The van der Waals surface area contributed by atoms with Crippen molar-refractivity contribution in [2.24, 2.45) is 0 Å². The Bertz CT molecular complexity index is 546. The number of methoxy groups -OCH3 is 1. The minimum absolute atomic E-state index is 0.214. The predicted molar refractivity (Wildman–Crippen MR) is 79.8 cm³/mol. The average molecular weight is 255 g/mol. The van der Waals surface area contributed by atoms with E-state index in [4.69, 9.17) is 4.74 Å². The molecular weight excluding hydrogens is 234 g/mol. The Morgan fingerprint density at radius 3 is 2.26 bits per heavy atom. The van der Waals surface area contributed by atoms with Gasteiger partial charge in [0.05, 0.1) is 13.2 Å². The summed E-state index contributed by atoms with van der Waals surface area (Å²) in [5.74, 6) is 0.888. The lowest BCUT2D eigenvalue weighted by molar-refractivity contribution is 0.414. The predicted octanol–water partition coefficient (Wildman–Crippen LogP) is 3.62. The topological polar surface area (TPSA) is 21.3 Å². The summed E-state index contributed by atoms with van der Waals surface area (Å²) in [5, 5.41) is 3.40. The quantitative estimate of drug-likeness (QED) is 0.901. The van der Waals surface area contributed by atoms with Crippen molar-refractivity contribution in [2.75, 3.05) is 14.2 Å². The van der Waals surface area contributed by atoms with E-state index in [-0.39, 0.29) is 6.04 Å². The fourth-order valence-corrected chi connectivity index (χ4v) is 2.37. The van der Waals surface area contributed by atoms with Crippen LogP contribution in [0.3, 0.4) is 0 Å². The molecule has 19 heavy (non-hydrogen) atoms. The van der Waals surface area contributed by atoms with E-state index >= 15 is 0 Å². The van der Waals surface area contributed by atoms with Crippen LogP contribution in [0.15, 0.2) is 42.5 Å². The van der Waals surface area contributed by atoms with Crippen molar-refractivity contribution in [1.29, 1.82) is 0 Å². The zero-order valence-corrected chi connectivity index (χ0v) is 12.0. The van der Waals surface area contributed by atoms with Gasteiger partial charge < -0.3 is 10.1 Å². The van der Waals surface area contributed by atoms with Crippen LogP contribution in [0.1, 0.15) is 28.3 Å². The van der Waals surface area contributed by atoms with E-state index in [0.717, 1.165) is 5.75 Å².